The van der Waals surface area contributed by atoms with Crippen molar-refractivity contribution in [3.8, 4) is 11.5 Å². The van der Waals surface area contributed by atoms with Crippen LogP contribution in [0.2, 0.25) is 0 Å². The Hall–Kier alpha value is -6.01. The first kappa shape index (κ1) is 39.8. The molecule has 3 aromatic heterocycles. The van der Waals surface area contributed by atoms with Crippen LogP contribution in [0, 0.1) is 39.8 Å². The summed E-state index contributed by atoms with van der Waals surface area (Å²) in [5.41, 5.74) is 17.1. The van der Waals surface area contributed by atoms with E-state index < -0.39 is 0 Å². The molecule has 0 bridgehead atoms. The van der Waals surface area contributed by atoms with Crippen molar-refractivity contribution in [1.29, 1.82) is 0 Å². The number of allylic oxidation sites excluding steroid dienone is 3. The molecule has 1 radical (unpaired) electrons. The molecule has 293 valence electrons. The predicted molar refractivity (Wildman–Crippen MR) is 242 cm³/mol. The molecule has 8 aromatic rings. The average molecular weight is 944 g/mol. The molecule has 0 aliphatic carbocycles. The Morgan fingerprint density at radius 2 is 1.39 bits per heavy atom. The van der Waals surface area contributed by atoms with Gasteiger partial charge in [0.15, 0.2) is 0 Å². The van der Waals surface area contributed by atoms with Gasteiger partial charge < -0.3 is 9.38 Å². The van der Waals surface area contributed by atoms with E-state index in [4.69, 9.17) is 5.10 Å². The molecular weight excluding hydrogens is 898 g/mol. The molecule has 59 heavy (non-hydrogen) atoms. The van der Waals surface area contributed by atoms with Crippen LogP contribution in [-0.2, 0) is 25.5 Å². The van der Waals surface area contributed by atoms with Gasteiger partial charge in [-0.1, -0.05) is 98.1 Å². The summed E-state index contributed by atoms with van der Waals surface area (Å²) in [4.78, 5) is 7.07. The molecule has 0 atom stereocenters. The van der Waals surface area contributed by atoms with Gasteiger partial charge >= 0.3 is 6.85 Å². The SMILES string of the molecule is CC(C)(C)c1ccnc(-n2c3[c-]cccc3c3ccccc32)c1.Cc1cccc(C)c1B1c2c(cnn2-c2[c-]cccc2)C(c2c(C)cccc2C)=C2C=CC=CN12.[Ir]. The van der Waals surface area contributed by atoms with Gasteiger partial charge in [0.2, 0.25) is 0 Å². The smallest absolute Gasteiger partial charge is 0.349 e. The molecule has 5 heterocycles. The number of aryl methyl sites for hydroxylation is 4. The minimum absolute atomic E-state index is 0. The Morgan fingerprint density at radius 3 is 2.12 bits per heavy atom. The second kappa shape index (κ2) is 16.0. The molecule has 0 amide bonds. The molecule has 5 nitrogen and oxygen atoms in total. The van der Waals surface area contributed by atoms with Crippen molar-refractivity contribution in [2.45, 2.75) is 53.9 Å². The Balaban J connectivity index is 0.000000175. The van der Waals surface area contributed by atoms with Crippen LogP contribution in [0.15, 0.2) is 158 Å². The normalized spacial score (nSPS) is 13.3. The predicted octanol–water partition coefficient (Wildman–Crippen LogP) is 10.4. The summed E-state index contributed by atoms with van der Waals surface area (Å²) < 4.78 is 4.29. The minimum atomic E-state index is -0.00780. The van der Waals surface area contributed by atoms with E-state index in [0.717, 1.165) is 17.0 Å². The molecule has 0 saturated heterocycles. The molecule has 0 N–H and O–H groups in total. The quantitative estimate of drug-likeness (QED) is 0.130. The van der Waals surface area contributed by atoms with E-state index in [0.29, 0.717) is 0 Å². The molecule has 0 saturated carbocycles. The standard InChI is InChI=1S/C31H27BN3.C21H19N2.Ir/c1-21-12-10-13-22(2)28(21)29-26-20-33-35(25-16-6-5-7-17-25)31(26)32(34-19-9-8-18-27(29)34)30-23(3)14-11-15-24(30)4;1-21(2,3)15-12-13-22-20(14-15)23-18-10-6-4-8-16(18)17-9-5-7-11-19(17)23;/h5-16,18-20H,1-4H3;4-10,12-14H,1-3H3;/q2*-1;. The van der Waals surface area contributed by atoms with Crippen LogP contribution in [0.5, 0.6) is 0 Å². The zero-order chi connectivity index (χ0) is 40.1. The topological polar surface area (TPSA) is 38.9 Å². The zero-order valence-corrected chi connectivity index (χ0v) is 37.0. The molecule has 0 unspecified atom stereocenters. The first-order valence-electron chi connectivity index (χ1n) is 20.0. The maximum Gasteiger partial charge on any atom is 0.349 e. The van der Waals surface area contributed by atoms with Crippen molar-refractivity contribution in [2.24, 2.45) is 0 Å². The summed E-state index contributed by atoms with van der Waals surface area (Å²) in [6.07, 6.45) is 12.7. The van der Waals surface area contributed by atoms with Crippen molar-refractivity contribution in [1.82, 2.24) is 24.1 Å². The summed E-state index contributed by atoms with van der Waals surface area (Å²) in [5, 5.41) is 7.42. The van der Waals surface area contributed by atoms with Crippen LogP contribution in [0.3, 0.4) is 0 Å². The molecule has 2 aliphatic rings. The summed E-state index contributed by atoms with van der Waals surface area (Å²) in [6.45, 7) is 15.5. The third-order valence-corrected chi connectivity index (χ3v) is 11.6. The number of rotatable bonds is 4. The van der Waals surface area contributed by atoms with Crippen LogP contribution >= 0.6 is 0 Å². The van der Waals surface area contributed by atoms with E-state index in [1.54, 1.807) is 0 Å². The van der Waals surface area contributed by atoms with E-state index >= 15 is 0 Å². The van der Waals surface area contributed by atoms with E-state index in [9.17, 15) is 0 Å². The largest absolute Gasteiger partial charge is 0.381 e. The molecule has 0 spiro atoms. The van der Waals surface area contributed by atoms with Crippen molar-refractivity contribution >= 4 is 45.3 Å². The number of hydrogen-bond acceptors (Lipinski definition) is 3. The van der Waals surface area contributed by atoms with Gasteiger partial charge in [-0.15, -0.1) is 11.5 Å². The Morgan fingerprint density at radius 1 is 0.695 bits per heavy atom. The molecule has 5 aromatic carbocycles. The number of aromatic nitrogens is 4. The second-order valence-electron chi connectivity index (χ2n) is 16.4. The number of nitrogens with zero attached hydrogens (tertiary/aromatic N) is 5. The molecule has 2 aliphatic heterocycles. The monoisotopic (exact) mass is 944 g/mol. The van der Waals surface area contributed by atoms with Crippen molar-refractivity contribution in [3.05, 3.63) is 209 Å². The average Bonchev–Trinajstić information content (AvgIpc) is 3.82. The summed E-state index contributed by atoms with van der Waals surface area (Å²) in [7, 11) is 0. The summed E-state index contributed by atoms with van der Waals surface area (Å²) >= 11 is 0. The number of benzene rings is 5. The van der Waals surface area contributed by atoms with Gasteiger partial charge in [-0.25, -0.2) is 4.98 Å². The number of pyridine rings is 1. The van der Waals surface area contributed by atoms with E-state index in [-0.39, 0.29) is 32.4 Å². The Kier molecular flexibility index (Phi) is 10.8. The summed E-state index contributed by atoms with van der Waals surface area (Å²) in [5.74, 6) is 0.950. The van der Waals surface area contributed by atoms with E-state index in [2.05, 4.69) is 195 Å². The zero-order valence-electron chi connectivity index (χ0n) is 34.6. The summed E-state index contributed by atoms with van der Waals surface area (Å²) in [6, 6.07) is 46.9. The van der Waals surface area contributed by atoms with Gasteiger partial charge in [0.1, 0.15) is 5.82 Å². The molecule has 0 fully saturated rings. The maximum absolute atomic E-state index is 4.97. The van der Waals surface area contributed by atoms with Gasteiger partial charge in [0.05, 0.1) is 6.20 Å². The van der Waals surface area contributed by atoms with Gasteiger partial charge in [-0.2, -0.15) is 53.6 Å². The van der Waals surface area contributed by atoms with Crippen LogP contribution in [0.1, 0.15) is 59.7 Å². The minimum Gasteiger partial charge on any atom is -0.381 e. The fourth-order valence-corrected chi connectivity index (χ4v) is 8.78. The van der Waals surface area contributed by atoms with Crippen LogP contribution in [-0.4, -0.2) is 31.0 Å². The van der Waals surface area contributed by atoms with E-state index in [1.165, 1.54) is 77.6 Å². The van der Waals surface area contributed by atoms with Gasteiger partial charge in [0, 0.05) is 54.2 Å². The number of hydrogen-bond donors (Lipinski definition) is 0. The third-order valence-electron chi connectivity index (χ3n) is 11.6. The maximum atomic E-state index is 4.97. The molecule has 10 rings (SSSR count). The number of fused-ring (bicyclic) bond motifs is 5. The van der Waals surface area contributed by atoms with Crippen molar-refractivity contribution in [3.63, 3.8) is 0 Å². The first-order valence-corrected chi connectivity index (χ1v) is 20.0. The van der Waals surface area contributed by atoms with Crippen LogP contribution < -0.4 is 11.1 Å². The Bertz CT molecular complexity index is 2850. The van der Waals surface area contributed by atoms with Crippen LogP contribution in [0.25, 0.3) is 38.9 Å². The van der Waals surface area contributed by atoms with Crippen LogP contribution in [0.4, 0.5) is 0 Å². The second-order valence-corrected chi connectivity index (χ2v) is 16.4. The fraction of sp³-hybridized carbons (Fsp3) is 0.154. The first-order chi connectivity index (χ1) is 28.1. The third kappa shape index (κ3) is 7.03. The van der Waals surface area contributed by atoms with Crippen molar-refractivity contribution < 1.29 is 20.1 Å². The Labute approximate surface area is 361 Å². The van der Waals surface area contributed by atoms with Gasteiger partial charge in [0.25, 0.3) is 0 Å². The van der Waals surface area contributed by atoms with Crippen molar-refractivity contribution in [2.75, 3.05) is 0 Å². The fourth-order valence-electron chi connectivity index (χ4n) is 8.78. The number of para-hydroxylation sites is 3. The van der Waals surface area contributed by atoms with Gasteiger partial charge in [-0.05, 0) is 108 Å². The van der Waals surface area contributed by atoms with E-state index in [1.807, 2.05) is 36.5 Å². The molecular formula is C52H46BIrN5-2. The molecule has 7 heteroatoms. The van der Waals surface area contributed by atoms with Gasteiger partial charge in [-0.3, -0.25) is 4.68 Å².